The van der Waals surface area contributed by atoms with E-state index in [0.29, 0.717) is 0 Å². The fraction of sp³-hybridized carbons (Fsp3) is 0.600. The molecule has 0 heterocycles. The Morgan fingerprint density at radius 1 is 1.06 bits per heavy atom. The Labute approximate surface area is 128 Å². The van der Waals surface area contributed by atoms with Gasteiger partial charge in [-0.25, -0.2) is 0 Å². The van der Waals surface area contributed by atoms with Crippen molar-refractivity contribution in [1.29, 1.82) is 0 Å². The van der Waals surface area contributed by atoms with Crippen LogP contribution in [0.4, 0.5) is 0 Å². The summed E-state index contributed by atoms with van der Waals surface area (Å²) >= 11 is 6.97. The van der Waals surface area contributed by atoms with Gasteiger partial charge in [-0.3, -0.25) is 0 Å². The molecule has 1 nitrogen and oxygen atoms in total. The zero-order valence-electron chi connectivity index (χ0n) is 11.1. The van der Waals surface area contributed by atoms with Crippen molar-refractivity contribution >= 4 is 31.9 Å². The molecule has 0 radical (unpaired) electrons. The Morgan fingerprint density at radius 3 is 2.50 bits per heavy atom. The Hall–Kier alpha value is -0.0200. The van der Waals surface area contributed by atoms with Gasteiger partial charge in [0, 0.05) is 15.4 Å². The summed E-state index contributed by atoms with van der Waals surface area (Å²) in [6.07, 6.45) is 7.80. The Balaban J connectivity index is 2.22. The molecule has 1 aromatic carbocycles. The van der Waals surface area contributed by atoms with Crippen LogP contribution in [-0.2, 0) is 5.33 Å². The molecule has 1 aromatic rings. The maximum absolute atomic E-state index is 5.84. The third-order valence-electron chi connectivity index (χ3n) is 2.92. The standard InChI is InChI=1S/C15H22Br2O/c1-2-3-4-5-6-7-10-18-15-9-8-14(17)11-13(15)12-16/h8-9,11H,2-7,10,12H2,1H3. The van der Waals surface area contributed by atoms with Crippen molar-refractivity contribution in [2.24, 2.45) is 0 Å². The minimum atomic E-state index is 0.827. The quantitative estimate of drug-likeness (QED) is 0.374. The summed E-state index contributed by atoms with van der Waals surface area (Å²) in [4.78, 5) is 0. The molecule has 1 rings (SSSR count). The molecule has 18 heavy (non-hydrogen) atoms. The van der Waals surface area contributed by atoms with Crippen molar-refractivity contribution in [3.05, 3.63) is 28.2 Å². The molecule has 0 unspecified atom stereocenters. The van der Waals surface area contributed by atoms with Crippen LogP contribution in [0.2, 0.25) is 0 Å². The number of ether oxygens (including phenoxy) is 1. The molecule has 102 valence electrons. The van der Waals surface area contributed by atoms with Crippen LogP contribution >= 0.6 is 31.9 Å². The average molecular weight is 378 g/mol. The molecule has 0 N–H and O–H groups in total. The maximum atomic E-state index is 5.84. The van der Waals surface area contributed by atoms with Gasteiger partial charge in [0.05, 0.1) is 6.61 Å². The monoisotopic (exact) mass is 376 g/mol. The largest absolute Gasteiger partial charge is 0.493 e. The third kappa shape index (κ3) is 6.24. The highest BCUT2D eigenvalue weighted by Crippen LogP contribution is 2.25. The van der Waals surface area contributed by atoms with Gasteiger partial charge in [-0.15, -0.1) is 0 Å². The molecular formula is C15H22Br2O. The second-order valence-electron chi connectivity index (χ2n) is 4.50. The van der Waals surface area contributed by atoms with E-state index in [4.69, 9.17) is 4.74 Å². The van der Waals surface area contributed by atoms with Crippen molar-refractivity contribution < 1.29 is 4.74 Å². The minimum Gasteiger partial charge on any atom is -0.493 e. The molecular weight excluding hydrogens is 356 g/mol. The van der Waals surface area contributed by atoms with E-state index in [1.54, 1.807) is 0 Å². The summed E-state index contributed by atoms with van der Waals surface area (Å²) < 4.78 is 6.94. The van der Waals surface area contributed by atoms with E-state index < -0.39 is 0 Å². The molecule has 3 heteroatoms. The van der Waals surface area contributed by atoms with Gasteiger partial charge >= 0.3 is 0 Å². The van der Waals surface area contributed by atoms with E-state index in [9.17, 15) is 0 Å². The molecule has 0 fully saturated rings. The predicted molar refractivity (Wildman–Crippen MR) is 85.6 cm³/mol. The third-order valence-corrected chi connectivity index (χ3v) is 4.02. The highest BCUT2D eigenvalue weighted by Gasteiger charge is 2.03. The smallest absolute Gasteiger partial charge is 0.123 e. The predicted octanol–water partition coefficient (Wildman–Crippen LogP) is 6.08. The van der Waals surface area contributed by atoms with Gasteiger partial charge in [0.1, 0.15) is 5.75 Å². The van der Waals surface area contributed by atoms with Crippen LogP contribution in [0.1, 0.15) is 51.0 Å². The van der Waals surface area contributed by atoms with Crippen molar-refractivity contribution in [2.75, 3.05) is 6.61 Å². The van der Waals surface area contributed by atoms with Crippen molar-refractivity contribution in [3.8, 4) is 5.75 Å². The molecule has 0 aliphatic heterocycles. The lowest BCUT2D eigenvalue weighted by Gasteiger charge is -2.10. The van der Waals surface area contributed by atoms with Crippen LogP contribution in [0.5, 0.6) is 5.75 Å². The van der Waals surface area contributed by atoms with Gasteiger partial charge in [0.25, 0.3) is 0 Å². The van der Waals surface area contributed by atoms with Gasteiger partial charge in [0.2, 0.25) is 0 Å². The topological polar surface area (TPSA) is 9.23 Å². The number of hydrogen-bond acceptors (Lipinski definition) is 1. The lowest BCUT2D eigenvalue weighted by Crippen LogP contribution is -1.99. The van der Waals surface area contributed by atoms with Gasteiger partial charge in [-0.05, 0) is 24.6 Å². The molecule has 0 spiro atoms. The van der Waals surface area contributed by atoms with Crippen molar-refractivity contribution in [2.45, 2.75) is 50.8 Å². The highest BCUT2D eigenvalue weighted by atomic mass is 79.9. The van der Waals surface area contributed by atoms with Crippen LogP contribution in [-0.4, -0.2) is 6.61 Å². The first-order chi connectivity index (χ1) is 8.77. The van der Waals surface area contributed by atoms with Gasteiger partial charge < -0.3 is 4.74 Å². The number of halogens is 2. The minimum absolute atomic E-state index is 0.827. The number of rotatable bonds is 9. The van der Waals surface area contributed by atoms with Crippen LogP contribution < -0.4 is 4.74 Å². The van der Waals surface area contributed by atoms with Crippen LogP contribution in [0.25, 0.3) is 0 Å². The number of hydrogen-bond donors (Lipinski definition) is 0. The second kappa shape index (κ2) is 9.85. The lowest BCUT2D eigenvalue weighted by molar-refractivity contribution is 0.302. The van der Waals surface area contributed by atoms with Crippen molar-refractivity contribution in [1.82, 2.24) is 0 Å². The van der Waals surface area contributed by atoms with Gasteiger partial charge in [-0.2, -0.15) is 0 Å². The van der Waals surface area contributed by atoms with E-state index in [2.05, 4.69) is 44.8 Å². The Bertz CT molecular complexity index is 339. The lowest BCUT2D eigenvalue weighted by atomic mass is 10.1. The fourth-order valence-electron chi connectivity index (χ4n) is 1.86. The molecule has 0 atom stereocenters. The Morgan fingerprint density at radius 2 is 1.78 bits per heavy atom. The van der Waals surface area contributed by atoms with E-state index >= 15 is 0 Å². The van der Waals surface area contributed by atoms with E-state index in [1.807, 2.05) is 12.1 Å². The zero-order valence-corrected chi connectivity index (χ0v) is 14.2. The second-order valence-corrected chi connectivity index (χ2v) is 5.98. The summed E-state index contributed by atoms with van der Waals surface area (Å²) in [7, 11) is 0. The molecule has 0 saturated carbocycles. The first kappa shape index (κ1) is 16.0. The van der Waals surface area contributed by atoms with Crippen LogP contribution in [0, 0.1) is 0 Å². The molecule has 0 aliphatic carbocycles. The van der Waals surface area contributed by atoms with Crippen LogP contribution in [0.3, 0.4) is 0 Å². The van der Waals surface area contributed by atoms with E-state index in [1.165, 1.54) is 37.7 Å². The molecule has 0 aliphatic rings. The van der Waals surface area contributed by atoms with E-state index in [-0.39, 0.29) is 0 Å². The molecule has 0 saturated heterocycles. The fourth-order valence-corrected chi connectivity index (χ4v) is 2.70. The highest BCUT2D eigenvalue weighted by molar-refractivity contribution is 9.10. The normalized spacial score (nSPS) is 10.6. The number of alkyl halides is 1. The summed E-state index contributed by atoms with van der Waals surface area (Å²) in [5.74, 6) is 1.00. The number of unbranched alkanes of at least 4 members (excludes halogenated alkanes) is 5. The summed E-state index contributed by atoms with van der Waals surface area (Å²) in [6, 6.07) is 6.17. The Kier molecular flexibility index (Phi) is 8.78. The zero-order chi connectivity index (χ0) is 13.2. The molecule has 0 amide bonds. The average Bonchev–Trinajstić information content (AvgIpc) is 2.39. The van der Waals surface area contributed by atoms with Crippen molar-refractivity contribution in [3.63, 3.8) is 0 Å². The molecule has 0 bridgehead atoms. The first-order valence-corrected chi connectivity index (χ1v) is 8.66. The summed E-state index contributed by atoms with van der Waals surface area (Å²) in [5, 5.41) is 0.832. The number of benzene rings is 1. The first-order valence-electron chi connectivity index (χ1n) is 6.75. The summed E-state index contributed by atoms with van der Waals surface area (Å²) in [6.45, 7) is 3.08. The van der Waals surface area contributed by atoms with Gasteiger partial charge in [-0.1, -0.05) is 70.9 Å². The molecule has 0 aromatic heterocycles. The van der Waals surface area contributed by atoms with Crippen LogP contribution in [0.15, 0.2) is 22.7 Å². The summed E-state index contributed by atoms with van der Waals surface area (Å²) in [5.41, 5.74) is 1.20. The van der Waals surface area contributed by atoms with Gasteiger partial charge in [0.15, 0.2) is 0 Å². The maximum Gasteiger partial charge on any atom is 0.123 e. The SMILES string of the molecule is CCCCCCCCOc1ccc(Br)cc1CBr. The van der Waals surface area contributed by atoms with E-state index in [0.717, 1.165) is 28.6 Å².